The number of aryl methyl sites for hydroxylation is 1. The molecule has 1 N–H and O–H groups in total. The second-order valence-corrected chi connectivity index (χ2v) is 7.38. The van der Waals surface area contributed by atoms with E-state index in [9.17, 15) is 4.79 Å². The summed E-state index contributed by atoms with van der Waals surface area (Å²) in [5.41, 5.74) is 5.22. The minimum absolute atomic E-state index is 0.219. The molecule has 0 unspecified atom stereocenters. The van der Waals surface area contributed by atoms with Crippen molar-refractivity contribution < 1.29 is 4.79 Å². The van der Waals surface area contributed by atoms with Crippen LogP contribution in [-0.4, -0.2) is 22.9 Å². The van der Waals surface area contributed by atoms with Crippen LogP contribution in [0.3, 0.4) is 0 Å². The Balaban J connectivity index is 1.58. The van der Waals surface area contributed by atoms with Crippen LogP contribution in [-0.2, 0) is 4.79 Å². The third-order valence-electron chi connectivity index (χ3n) is 3.61. The largest absolute Gasteiger partial charge is 0.272 e. The summed E-state index contributed by atoms with van der Waals surface area (Å²) in [6.45, 7) is 2.04. The minimum Gasteiger partial charge on any atom is -0.272 e. The van der Waals surface area contributed by atoms with Crippen molar-refractivity contribution in [2.24, 2.45) is 5.10 Å². The number of benzene rings is 2. The molecule has 3 rings (SSSR count). The van der Waals surface area contributed by atoms with E-state index in [2.05, 4.69) is 15.5 Å². The number of aromatic nitrogens is 1. The van der Waals surface area contributed by atoms with Gasteiger partial charge in [-0.25, -0.2) is 10.4 Å². The SMILES string of the molecule is Cc1cc(SCC(=O)N/N=C/c2ccc(Cl)cc2Cl)nc2ccccc12. The van der Waals surface area contributed by atoms with E-state index in [-0.39, 0.29) is 11.7 Å². The van der Waals surface area contributed by atoms with Gasteiger partial charge in [0.25, 0.3) is 0 Å². The van der Waals surface area contributed by atoms with Crippen molar-refractivity contribution in [2.45, 2.75) is 11.9 Å². The molecule has 7 heteroatoms. The van der Waals surface area contributed by atoms with Crippen LogP contribution >= 0.6 is 35.0 Å². The Bertz CT molecular complexity index is 992. The van der Waals surface area contributed by atoms with E-state index in [0.717, 1.165) is 21.5 Å². The molecule has 0 atom stereocenters. The number of hydrazone groups is 1. The fourth-order valence-electron chi connectivity index (χ4n) is 2.34. The normalized spacial score (nSPS) is 11.2. The maximum absolute atomic E-state index is 12.0. The lowest BCUT2D eigenvalue weighted by atomic mass is 10.1. The number of nitrogens with zero attached hydrogens (tertiary/aromatic N) is 2. The van der Waals surface area contributed by atoms with Crippen LogP contribution in [0.5, 0.6) is 0 Å². The zero-order chi connectivity index (χ0) is 18.5. The molecule has 26 heavy (non-hydrogen) atoms. The summed E-state index contributed by atoms with van der Waals surface area (Å²) >= 11 is 13.3. The predicted octanol–water partition coefficient (Wildman–Crippen LogP) is 5.09. The number of rotatable bonds is 5. The van der Waals surface area contributed by atoms with Gasteiger partial charge >= 0.3 is 0 Å². The van der Waals surface area contributed by atoms with Crippen molar-refractivity contribution >= 4 is 58.0 Å². The minimum atomic E-state index is -0.219. The lowest BCUT2D eigenvalue weighted by Gasteiger charge is -2.05. The Morgan fingerprint density at radius 1 is 1.23 bits per heavy atom. The number of amides is 1. The molecule has 0 aliphatic carbocycles. The highest BCUT2D eigenvalue weighted by Gasteiger charge is 2.06. The van der Waals surface area contributed by atoms with Crippen LogP contribution in [0.2, 0.25) is 10.0 Å². The zero-order valence-electron chi connectivity index (χ0n) is 13.9. The fraction of sp³-hybridized carbons (Fsp3) is 0.105. The summed E-state index contributed by atoms with van der Waals surface area (Å²) < 4.78 is 0. The lowest BCUT2D eigenvalue weighted by Crippen LogP contribution is -2.19. The number of halogens is 2. The average molecular weight is 404 g/mol. The van der Waals surface area contributed by atoms with E-state index in [1.807, 2.05) is 37.3 Å². The molecule has 3 aromatic rings. The van der Waals surface area contributed by atoms with E-state index in [1.54, 1.807) is 18.2 Å². The molecule has 0 radical (unpaired) electrons. The molecule has 0 saturated carbocycles. The van der Waals surface area contributed by atoms with E-state index < -0.39 is 0 Å². The number of para-hydroxylation sites is 1. The number of carbonyl (C=O) groups excluding carboxylic acids is 1. The monoisotopic (exact) mass is 403 g/mol. The number of hydrogen-bond donors (Lipinski definition) is 1. The van der Waals surface area contributed by atoms with Crippen LogP contribution in [0.4, 0.5) is 0 Å². The highest BCUT2D eigenvalue weighted by Crippen LogP contribution is 2.23. The van der Waals surface area contributed by atoms with Gasteiger partial charge < -0.3 is 0 Å². The molecular weight excluding hydrogens is 389 g/mol. The first-order chi connectivity index (χ1) is 12.5. The molecule has 4 nitrogen and oxygen atoms in total. The van der Waals surface area contributed by atoms with Crippen LogP contribution in [0.15, 0.2) is 58.7 Å². The van der Waals surface area contributed by atoms with E-state index in [1.165, 1.54) is 18.0 Å². The fourth-order valence-corrected chi connectivity index (χ4v) is 3.57. The summed E-state index contributed by atoms with van der Waals surface area (Å²) in [6.07, 6.45) is 1.49. The van der Waals surface area contributed by atoms with Gasteiger partial charge in [0.2, 0.25) is 5.91 Å². The van der Waals surface area contributed by atoms with Crippen LogP contribution in [0, 0.1) is 6.92 Å². The smallest absolute Gasteiger partial charge is 0.250 e. The summed E-state index contributed by atoms with van der Waals surface area (Å²) in [6, 6.07) is 15.0. The molecular formula is C19H15Cl2N3OS. The molecule has 0 saturated heterocycles. The molecule has 1 amide bonds. The number of fused-ring (bicyclic) bond motifs is 1. The van der Waals surface area contributed by atoms with Crippen LogP contribution in [0.25, 0.3) is 10.9 Å². The second kappa shape index (κ2) is 8.54. The summed E-state index contributed by atoms with van der Waals surface area (Å²) in [7, 11) is 0. The third kappa shape index (κ3) is 4.75. The van der Waals surface area contributed by atoms with Crippen molar-refractivity contribution in [3.8, 4) is 0 Å². The number of nitrogens with one attached hydrogen (secondary N) is 1. The Morgan fingerprint density at radius 2 is 2.04 bits per heavy atom. The lowest BCUT2D eigenvalue weighted by molar-refractivity contribution is -0.118. The quantitative estimate of drug-likeness (QED) is 0.366. The molecule has 1 aromatic heterocycles. The first kappa shape index (κ1) is 18.7. The Morgan fingerprint density at radius 3 is 2.85 bits per heavy atom. The van der Waals surface area contributed by atoms with Gasteiger partial charge in [-0.3, -0.25) is 4.79 Å². The molecule has 2 aromatic carbocycles. The van der Waals surface area contributed by atoms with Crippen molar-refractivity contribution in [1.29, 1.82) is 0 Å². The topological polar surface area (TPSA) is 54.4 Å². The van der Waals surface area contributed by atoms with Gasteiger partial charge in [-0.1, -0.05) is 59.2 Å². The van der Waals surface area contributed by atoms with Crippen molar-refractivity contribution in [3.05, 3.63) is 69.7 Å². The Hall–Kier alpha value is -2.08. The van der Waals surface area contributed by atoms with Gasteiger partial charge in [0.15, 0.2) is 0 Å². The van der Waals surface area contributed by atoms with Gasteiger partial charge in [0.05, 0.1) is 27.5 Å². The van der Waals surface area contributed by atoms with Gasteiger partial charge in [-0.05, 0) is 36.8 Å². The predicted molar refractivity (Wildman–Crippen MR) is 109 cm³/mol. The van der Waals surface area contributed by atoms with Gasteiger partial charge in [0.1, 0.15) is 0 Å². The molecule has 0 spiro atoms. The number of hydrogen-bond acceptors (Lipinski definition) is 4. The van der Waals surface area contributed by atoms with Crippen molar-refractivity contribution in [2.75, 3.05) is 5.75 Å². The van der Waals surface area contributed by atoms with E-state index >= 15 is 0 Å². The number of thioether (sulfide) groups is 1. The average Bonchev–Trinajstić information content (AvgIpc) is 2.62. The summed E-state index contributed by atoms with van der Waals surface area (Å²) in [5.74, 6) is 0.000153. The zero-order valence-corrected chi connectivity index (χ0v) is 16.2. The molecule has 1 heterocycles. The van der Waals surface area contributed by atoms with Gasteiger partial charge in [0, 0.05) is 16.0 Å². The first-order valence-electron chi connectivity index (χ1n) is 7.79. The molecule has 0 fully saturated rings. The van der Waals surface area contributed by atoms with Crippen molar-refractivity contribution in [1.82, 2.24) is 10.4 Å². The third-order valence-corrected chi connectivity index (χ3v) is 5.08. The van der Waals surface area contributed by atoms with E-state index in [4.69, 9.17) is 23.2 Å². The Kier molecular flexibility index (Phi) is 6.14. The standard InChI is InChI=1S/C19H15Cl2N3OS/c1-12-8-19(23-17-5-3-2-4-15(12)17)26-11-18(25)24-22-10-13-6-7-14(20)9-16(13)21/h2-10H,11H2,1H3,(H,24,25)/b22-10+. The summed E-state index contributed by atoms with van der Waals surface area (Å²) in [4.78, 5) is 16.5. The first-order valence-corrected chi connectivity index (χ1v) is 9.53. The van der Waals surface area contributed by atoms with Gasteiger partial charge in [-0.15, -0.1) is 0 Å². The van der Waals surface area contributed by atoms with E-state index in [0.29, 0.717) is 15.6 Å². The number of pyridine rings is 1. The molecule has 0 aliphatic heterocycles. The number of carbonyl (C=O) groups is 1. The summed E-state index contributed by atoms with van der Waals surface area (Å²) in [5, 5.41) is 6.87. The maximum Gasteiger partial charge on any atom is 0.250 e. The van der Waals surface area contributed by atoms with Crippen LogP contribution in [0.1, 0.15) is 11.1 Å². The highest BCUT2D eigenvalue weighted by molar-refractivity contribution is 7.99. The van der Waals surface area contributed by atoms with Crippen molar-refractivity contribution in [3.63, 3.8) is 0 Å². The second-order valence-electron chi connectivity index (χ2n) is 5.54. The maximum atomic E-state index is 12.0. The van der Waals surface area contributed by atoms with Crippen LogP contribution < -0.4 is 5.43 Å². The highest BCUT2D eigenvalue weighted by atomic mass is 35.5. The molecule has 132 valence electrons. The van der Waals surface area contributed by atoms with Gasteiger partial charge in [-0.2, -0.15) is 5.10 Å². The molecule has 0 bridgehead atoms. The molecule has 0 aliphatic rings. The Labute approximate surface area is 165 Å².